The second-order valence-corrected chi connectivity index (χ2v) is 7.83. The van der Waals surface area contributed by atoms with Gasteiger partial charge in [0.1, 0.15) is 11.6 Å². The minimum atomic E-state index is 0.602. The quantitative estimate of drug-likeness (QED) is 0.313. The second-order valence-electron chi connectivity index (χ2n) is 7.42. The molecule has 30 heavy (non-hydrogen) atoms. The molecule has 6 heteroatoms. The highest BCUT2D eigenvalue weighted by molar-refractivity contribution is 6.33. The molecule has 0 aliphatic carbocycles. The fourth-order valence-electron chi connectivity index (χ4n) is 3.49. The average molecular weight is 431 g/mol. The number of methoxy groups -OCH3 is 2. The van der Waals surface area contributed by atoms with E-state index in [1.54, 1.807) is 14.2 Å². The molecule has 0 bridgehead atoms. The molecule has 0 aliphatic heterocycles. The van der Waals surface area contributed by atoms with E-state index in [0.29, 0.717) is 29.0 Å². The Balaban J connectivity index is 1.61. The van der Waals surface area contributed by atoms with Crippen LogP contribution in [0.4, 0.5) is 0 Å². The van der Waals surface area contributed by atoms with Crippen LogP contribution in [-0.4, -0.2) is 30.8 Å². The van der Waals surface area contributed by atoms with E-state index < -0.39 is 0 Å². The Morgan fingerprint density at radius 3 is 2.30 bits per heavy atom. The minimum Gasteiger partial charge on any atom is -0.494 e. The number of unbranched alkanes of at least 4 members (excludes halogenated alkanes) is 6. The smallest absolute Gasteiger partial charge is 0.163 e. The van der Waals surface area contributed by atoms with E-state index in [-0.39, 0.29) is 0 Å². The van der Waals surface area contributed by atoms with Crippen molar-refractivity contribution < 1.29 is 14.2 Å². The van der Waals surface area contributed by atoms with Gasteiger partial charge in [0.05, 0.1) is 36.9 Å². The molecule has 0 fully saturated rings. The second kappa shape index (κ2) is 11.1. The number of H-pyrrole nitrogens is 1. The third-order valence-electron chi connectivity index (χ3n) is 5.20. The summed E-state index contributed by atoms with van der Waals surface area (Å²) in [6.07, 6.45) is 8.86. The Morgan fingerprint density at radius 2 is 1.60 bits per heavy atom. The van der Waals surface area contributed by atoms with Crippen molar-refractivity contribution in [3.8, 4) is 28.6 Å². The molecular formula is C24H31ClN2O3. The maximum absolute atomic E-state index is 6.53. The van der Waals surface area contributed by atoms with Crippen LogP contribution in [0.1, 0.15) is 51.9 Å². The van der Waals surface area contributed by atoms with E-state index in [9.17, 15) is 0 Å². The fraction of sp³-hybridized carbons (Fsp3) is 0.458. The summed E-state index contributed by atoms with van der Waals surface area (Å²) in [6, 6.07) is 9.46. The van der Waals surface area contributed by atoms with Gasteiger partial charge in [-0.15, -0.1) is 0 Å². The van der Waals surface area contributed by atoms with Crippen molar-refractivity contribution in [2.75, 3.05) is 20.8 Å². The highest BCUT2D eigenvalue weighted by Gasteiger charge is 2.13. The van der Waals surface area contributed by atoms with Crippen LogP contribution in [0.2, 0.25) is 5.02 Å². The molecule has 0 atom stereocenters. The lowest BCUT2D eigenvalue weighted by Gasteiger charge is -2.08. The van der Waals surface area contributed by atoms with E-state index in [4.69, 9.17) is 25.8 Å². The van der Waals surface area contributed by atoms with Gasteiger partial charge in [0.2, 0.25) is 0 Å². The van der Waals surface area contributed by atoms with Crippen molar-refractivity contribution >= 4 is 22.6 Å². The van der Waals surface area contributed by atoms with Gasteiger partial charge in [-0.05, 0) is 24.6 Å². The van der Waals surface area contributed by atoms with E-state index >= 15 is 0 Å². The van der Waals surface area contributed by atoms with Gasteiger partial charge in [0.15, 0.2) is 11.5 Å². The lowest BCUT2D eigenvalue weighted by molar-refractivity contribution is 0.304. The standard InChI is InChI=1S/C24H31ClN2O3/c1-4-5-6-7-8-9-10-13-30-17-11-12-18(19(25)14-17)24-26-20-15-22(28-2)23(29-3)16-21(20)27-24/h11-12,14-16H,4-10,13H2,1-3H3,(H,26,27). The molecule has 1 N–H and O–H groups in total. The predicted molar refractivity (Wildman–Crippen MR) is 123 cm³/mol. The number of benzene rings is 2. The molecule has 0 amide bonds. The lowest BCUT2D eigenvalue weighted by atomic mass is 10.1. The molecule has 0 spiro atoms. The first kappa shape index (κ1) is 22.3. The van der Waals surface area contributed by atoms with Gasteiger partial charge in [-0.3, -0.25) is 0 Å². The number of aromatic amines is 1. The number of aromatic nitrogens is 2. The molecule has 0 saturated carbocycles. The monoisotopic (exact) mass is 430 g/mol. The van der Waals surface area contributed by atoms with Gasteiger partial charge < -0.3 is 19.2 Å². The normalized spacial score (nSPS) is 11.1. The van der Waals surface area contributed by atoms with Crippen molar-refractivity contribution in [1.29, 1.82) is 0 Å². The van der Waals surface area contributed by atoms with Crippen LogP contribution in [-0.2, 0) is 0 Å². The Hall–Kier alpha value is -2.40. The predicted octanol–water partition coefficient (Wildman–Crippen LogP) is 7.03. The topological polar surface area (TPSA) is 56.4 Å². The third kappa shape index (κ3) is 5.60. The molecule has 1 aromatic heterocycles. The number of nitrogens with one attached hydrogen (secondary N) is 1. The molecule has 0 radical (unpaired) electrons. The summed E-state index contributed by atoms with van der Waals surface area (Å²) in [7, 11) is 3.22. The highest BCUT2D eigenvalue weighted by atomic mass is 35.5. The maximum atomic E-state index is 6.53. The van der Waals surface area contributed by atoms with E-state index in [1.807, 2.05) is 30.3 Å². The number of hydrogen-bond donors (Lipinski definition) is 1. The maximum Gasteiger partial charge on any atom is 0.163 e. The summed E-state index contributed by atoms with van der Waals surface area (Å²) in [6.45, 7) is 2.96. The number of imidazole rings is 1. The van der Waals surface area contributed by atoms with Gasteiger partial charge in [0, 0.05) is 17.7 Å². The van der Waals surface area contributed by atoms with E-state index in [2.05, 4.69) is 16.9 Å². The van der Waals surface area contributed by atoms with Gasteiger partial charge in [0.25, 0.3) is 0 Å². The summed E-state index contributed by atoms with van der Waals surface area (Å²) in [5, 5.41) is 0.602. The molecule has 0 unspecified atom stereocenters. The van der Waals surface area contributed by atoms with E-state index in [1.165, 1.54) is 38.5 Å². The molecule has 1 heterocycles. The number of rotatable bonds is 12. The zero-order valence-corrected chi connectivity index (χ0v) is 18.8. The first-order valence-electron chi connectivity index (χ1n) is 10.7. The average Bonchev–Trinajstić information content (AvgIpc) is 3.17. The summed E-state index contributed by atoms with van der Waals surface area (Å²) < 4.78 is 16.6. The Kier molecular flexibility index (Phi) is 8.26. The Bertz CT molecular complexity index is 914. The van der Waals surface area contributed by atoms with Crippen LogP contribution in [0.25, 0.3) is 22.4 Å². The SMILES string of the molecule is CCCCCCCCCOc1ccc(-c2nc3cc(OC)c(OC)cc3[nH]2)c(Cl)c1. The van der Waals surface area contributed by atoms with Crippen molar-refractivity contribution in [1.82, 2.24) is 9.97 Å². The van der Waals surface area contributed by atoms with Crippen LogP contribution in [0.5, 0.6) is 17.2 Å². The first-order valence-corrected chi connectivity index (χ1v) is 11.1. The van der Waals surface area contributed by atoms with Gasteiger partial charge in [-0.1, -0.05) is 57.0 Å². The van der Waals surface area contributed by atoms with Crippen molar-refractivity contribution in [2.45, 2.75) is 51.9 Å². The summed E-state index contributed by atoms with van der Waals surface area (Å²) in [4.78, 5) is 7.97. The molecule has 162 valence electrons. The third-order valence-corrected chi connectivity index (χ3v) is 5.51. The van der Waals surface area contributed by atoms with Crippen LogP contribution >= 0.6 is 11.6 Å². The molecular weight excluding hydrogens is 400 g/mol. The number of halogens is 1. The van der Waals surface area contributed by atoms with Crippen molar-refractivity contribution in [2.24, 2.45) is 0 Å². The number of ether oxygens (including phenoxy) is 3. The Morgan fingerprint density at radius 1 is 0.900 bits per heavy atom. The van der Waals surface area contributed by atoms with Gasteiger partial charge >= 0.3 is 0 Å². The molecule has 0 aliphatic rings. The molecule has 2 aromatic carbocycles. The molecule has 5 nitrogen and oxygen atoms in total. The lowest BCUT2D eigenvalue weighted by Crippen LogP contribution is -1.97. The first-order chi connectivity index (χ1) is 14.7. The number of fused-ring (bicyclic) bond motifs is 1. The van der Waals surface area contributed by atoms with Crippen LogP contribution in [0, 0.1) is 0 Å². The van der Waals surface area contributed by atoms with Gasteiger partial charge in [-0.2, -0.15) is 0 Å². The molecule has 3 rings (SSSR count). The van der Waals surface area contributed by atoms with Crippen molar-refractivity contribution in [3.63, 3.8) is 0 Å². The highest BCUT2D eigenvalue weighted by Crippen LogP contribution is 2.35. The zero-order valence-electron chi connectivity index (χ0n) is 18.1. The summed E-state index contributed by atoms with van der Waals surface area (Å²) in [5.74, 6) is 2.78. The zero-order chi connectivity index (χ0) is 21.3. The Labute approximate surface area is 183 Å². The fourth-order valence-corrected chi connectivity index (χ4v) is 3.75. The van der Waals surface area contributed by atoms with Gasteiger partial charge in [-0.25, -0.2) is 4.98 Å². The largest absolute Gasteiger partial charge is 0.494 e. The molecule has 3 aromatic rings. The van der Waals surface area contributed by atoms with Crippen LogP contribution in [0.3, 0.4) is 0 Å². The van der Waals surface area contributed by atoms with E-state index in [0.717, 1.165) is 28.8 Å². The van der Waals surface area contributed by atoms with Crippen LogP contribution < -0.4 is 14.2 Å². The van der Waals surface area contributed by atoms with Crippen LogP contribution in [0.15, 0.2) is 30.3 Å². The summed E-state index contributed by atoms with van der Waals surface area (Å²) >= 11 is 6.53. The number of nitrogens with zero attached hydrogens (tertiary/aromatic N) is 1. The number of hydrogen-bond acceptors (Lipinski definition) is 4. The minimum absolute atomic E-state index is 0.602. The summed E-state index contributed by atoms with van der Waals surface area (Å²) in [5.41, 5.74) is 2.48. The molecule has 0 saturated heterocycles. The van der Waals surface area contributed by atoms with Crippen molar-refractivity contribution in [3.05, 3.63) is 35.4 Å².